The molecule has 10 rings (SSSR count). The number of carbonyl (C=O) groups is 5. The van der Waals surface area contributed by atoms with E-state index in [1.165, 1.54) is 80.5 Å². The number of aliphatic hydroxyl groups excluding tert-OH is 1. The Bertz CT molecular complexity index is 4260. The summed E-state index contributed by atoms with van der Waals surface area (Å²) in [6, 6.07) is 23.5. The van der Waals surface area contributed by atoms with Gasteiger partial charge in [-0.15, -0.1) is 186 Å². The Hall–Kier alpha value is 0.553. The third-order valence-electron chi connectivity index (χ3n) is 10.9. The average Bonchev–Trinajstić information content (AvgIpc) is 1.68. The Morgan fingerprint density at radius 2 is 1.00 bits per heavy atom. The van der Waals surface area contributed by atoms with Crippen molar-refractivity contribution in [2.45, 2.75) is 63.9 Å². The molecule has 0 saturated heterocycles. The number of hydrogen-bond acceptors (Lipinski definition) is 28. The fourth-order valence-corrected chi connectivity index (χ4v) is 13.8. The number of nitrogens with zero attached hydrogens (tertiary/aromatic N) is 8. The number of allylic oxidation sites excluding steroid dienone is 1. The van der Waals surface area contributed by atoms with Crippen molar-refractivity contribution < 1.29 is 178 Å². The molecule has 4 aromatic heterocycles. The Labute approximate surface area is 839 Å². The Morgan fingerprint density at radius 3 is 1.27 bits per heavy atom. The molecule has 0 aliphatic carbocycles. The van der Waals surface area contributed by atoms with E-state index in [0.29, 0.717) is 95.2 Å². The molecule has 7 N–H and O–H groups in total. The van der Waals surface area contributed by atoms with Gasteiger partial charge in [0.1, 0.15) is 94.2 Å². The van der Waals surface area contributed by atoms with Crippen LogP contribution in [-0.2, 0) is 28.9 Å². The fraction of sp³-hybridized carbons (Fsp3) is 0.317. The number of aromatic hydroxyl groups is 1. The zero-order valence-corrected chi connectivity index (χ0v) is 82.8. The number of phenolic OH excluding ortho intramolecular Hbond substituents is 1. The standard InChI is InChI=1S/C14H12Cl2N2O3S2.C14H11ClN2O3S2.C11H8Cl2N2OS.C8H4N2OS.C3H5Cl3.C3H6Cl2O.C3H7NO2S.C3H4O.CH2O3.Cl5P.2ClH.2K.H/c15-11(16)3-4-21-7-1-2-8-10(5-7)23-13(17-8)12-18-9(6-22-12)14(19)20;15-4-1-5-20-8-2-3-9-11(6-8)22-13(16-9)12-17-10(7-21-12)14(18)19;12-10(13)3-4-16-7-1-2-8-9(5-7)17-11(6-14)15-8;9-4-8-10-6-2-1-5(11)3-7(6)12-8;2*4-2-1-3(5)6;4-2(1-7)3(5)6;1-2-3-4;2-1-4-3;1-6(2,3,4)5;;;;;/h1-2,5,9,11H,3-4,6H2,(H,19,20);1-4,6,10H,5,7H2,(H,18,19);1-2,5,10H,3-4H2;1-3,11H;3H,1-2H2;3,6H,1-2H2;2,7H,1,4H2,(H,5,6);2-3H,1H2;1,3H;;2*1H;;;/q;;;;;;;;;;;;2*+1;-1/p-1/b;4-1+;;;;;;;;;;;;;/t9-;10-;;;;;2-;;;;;;;;/m11....1......../s1. The first kappa shape index (κ1) is 118. The number of aromatic nitrogens is 4. The molecule has 2 aliphatic rings. The first-order valence-electron chi connectivity index (χ1n) is 28.9. The molecule has 2 aliphatic heterocycles. The summed E-state index contributed by atoms with van der Waals surface area (Å²) < 4.78 is 16.7. The van der Waals surface area contributed by atoms with E-state index >= 15 is 0 Å². The van der Waals surface area contributed by atoms with Crippen molar-refractivity contribution in [2.75, 3.05) is 48.8 Å². The van der Waals surface area contributed by atoms with Gasteiger partial charge in [-0.1, -0.05) is 29.8 Å². The third kappa shape index (κ3) is 55.3. The predicted octanol–water partition coefficient (Wildman–Crippen LogP) is 13.8. The summed E-state index contributed by atoms with van der Waals surface area (Å²) in [5, 5.41) is 72.8. The smallest absolute Gasteiger partial charge is 1.00 e. The molecule has 1 unspecified atom stereocenters. The van der Waals surface area contributed by atoms with Gasteiger partial charge in [-0.25, -0.2) is 29.5 Å². The number of halogens is 17. The largest absolute Gasteiger partial charge is 1.00 e. The minimum absolute atomic E-state index is 0. The van der Waals surface area contributed by atoms with E-state index in [1.807, 2.05) is 66.7 Å². The Balaban J connectivity index is -0.000000400. The van der Waals surface area contributed by atoms with Gasteiger partial charge in [-0.2, -0.15) is 23.2 Å². The van der Waals surface area contributed by atoms with Crippen LogP contribution in [0, 0.1) is 22.7 Å². The van der Waals surface area contributed by atoms with Crippen molar-refractivity contribution in [1.82, 2.24) is 19.9 Å². The monoisotopic (exact) mass is 2070 g/mol. The maximum absolute atomic E-state index is 11.0. The van der Waals surface area contributed by atoms with Gasteiger partial charge in [0.2, 0.25) is 0 Å². The maximum Gasteiger partial charge on any atom is 1.00 e. The molecule has 4 aromatic carbocycles. The number of ether oxygens (including phenoxy) is 3. The zero-order chi connectivity index (χ0) is 80.8. The summed E-state index contributed by atoms with van der Waals surface area (Å²) in [6.45, 7) is 4.24. The van der Waals surface area contributed by atoms with Crippen LogP contribution in [0.25, 0.3) is 40.9 Å². The van der Waals surface area contributed by atoms with E-state index in [0.717, 1.165) is 68.1 Å². The van der Waals surface area contributed by atoms with Crippen LogP contribution in [0.2, 0.25) is 0 Å². The molecule has 24 nitrogen and oxygen atoms in total. The van der Waals surface area contributed by atoms with Gasteiger partial charge in [0.15, 0.2) is 22.1 Å². The number of carboxylic acids is 3. The summed E-state index contributed by atoms with van der Waals surface area (Å²) in [4.78, 5) is 76.5. The van der Waals surface area contributed by atoms with Gasteiger partial charge in [0.05, 0.1) is 54.1 Å². The number of aldehydes is 1. The molecular formula is C60H61Cl17K2N9O15PS7. The van der Waals surface area contributed by atoms with Crippen molar-refractivity contribution in [2.24, 2.45) is 15.7 Å². The number of thiazole rings is 4. The number of aliphatic imine (C=N–C) groups is 2. The fourth-order valence-electron chi connectivity index (χ4n) is 6.37. The molecule has 8 aromatic rings. The van der Waals surface area contributed by atoms with Gasteiger partial charge < -0.3 is 57.0 Å². The molecule has 6 heterocycles. The summed E-state index contributed by atoms with van der Waals surface area (Å²) in [5.41, 5.74) is 8.85. The molecule has 0 amide bonds. The van der Waals surface area contributed by atoms with E-state index in [2.05, 4.69) is 54.0 Å². The van der Waals surface area contributed by atoms with E-state index in [1.54, 1.807) is 24.3 Å². The second-order valence-electron chi connectivity index (χ2n) is 18.9. The molecular weight excluding hydrogens is 2020 g/mol. The van der Waals surface area contributed by atoms with Gasteiger partial charge in [0, 0.05) is 53.8 Å². The van der Waals surface area contributed by atoms with Crippen molar-refractivity contribution >= 4 is 364 Å². The summed E-state index contributed by atoms with van der Waals surface area (Å²) in [7, 11) is 0. The minimum atomic E-state index is -3.69. The molecule has 0 spiro atoms. The number of thiol groups is 1. The number of aliphatic hydroxyl groups is 1. The molecule has 111 heavy (non-hydrogen) atoms. The van der Waals surface area contributed by atoms with Crippen LogP contribution in [0.3, 0.4) is 0 Å². The van der Waals surface area contributed by atoms with Crippen molar-refractivity contribution in [3.05, 3.63) is 117 Å². The normalized spacial score (nSPS) is 13.5. The number of alkyl halides is 9. The van der Waals surface area contributed by atoms with Gasteiger partial charge >= 0.3 is 180 Å². The molecule has 0 radical (unpaired) electrons. The van der Waals surface area contributed by atoms with Crippen molar-refractivity contribution in [1.29, 1.82) is 10.5 Å². The van der Waals surface area contributed by atoms with Crippen LogP contribution >= 0.6 is 282 Å². The van der Waals surface area contributed by atoms with Gasteiger partial charge in [-0.05, 0) is 91.4 Å². The first-order chi connectivity index (χ1) is 50.5. The molecule has 0 fully saturated rings. The number of carbonyl (C=O) groups excluding carboxylic acids is 2. The van der Waals surface area contributed by atoms with E-state index in [-0.39, 0.29) is 152 Å². The number of hydrogen-bond donors (Lipinski definition) is 7. The minimum Gasteiger partial charge on any atom is -1.00 e. The second-order valence-corrected chi connectivity index (χ2v) is 47.3. The third-order valence-corrected chi connectivity index (χ3v) is 19.6. The van der Waals surface area contributed by atoms with E-state index < -0.39 is 54.6 Å². The van der Waals surface area contributed by atoms with Crippen LogP contribution in [0.15, 0.2) is 107 Å². The molecule has 604 valence electrons. The summed E-state index contributed by atoms with van der Waals surface area (Å²) >= 11 is 90.9. The average molecular weight is 2080 g/mol. The Morgan fingerprint density at radius 1 is 0.649 bits per heavy atom. The zero-order valence-electron chi connectivity index (χ0n) is 57.9. The Kier molecular flexibility index (Phi) is 70.3. The quantitative estimate of drug-likeness (QED) is 0.00457. The van der Waals surface area contributed by atoms with Crippen LogP contribution in [0.4, 0.5) is 0 Å². The predicted molar refractivity (Wildman–Crippen MR) is 465 cm³/mol. The summed E-state index contributed by atoms with van der Waals surface area (Å²) in [5.74, 6) is 1.66. The number of nitrogens with two attached hydrogens (primary N) is 1. The van der Waals surface area contributed by atoms with Gasteiger partial charge in [-0.3, -0.25) is 24.4 Å². The first-order valence-corrected chi connectivity index (χ1v) is 46.1. The van der Waals surface area contributed by atoms with E-state index in [9.17, 15) is 14.4 Å². The number of nitriles is 2. The molecule has 4 atom stereocenters. The second kappa shape index (κ2) is 66.2. The number of fused-ring (bicyclic) bond motifs is 4. The molecule has 0 saturated carbocycles. The van der Waals surface area contributed by atoms with Crippen molar-refractivity contribution in [3.63, 3.8) is 0 Å². The number of thioether (sulfide) groups is 2. The number of phenols is 1. The number of aliphatic carboxylic acids is 3. The van der Waals surface area contributed by atoms with Crippen molar-refractivity contribution in [3.8, 4) is 35.1 Å². The number of carboxylic acid groups (broad SMARTS) is 3. The molecule has 0 bridgehead atoms. The van der Waals surface area contributed by atoms with Crippen LogP contribution in [0.5, 0.6) is 23.0 Å². The van der Waals surface area contributed by atoms with Crippen LogP contribution < -0.4 is 128 Å². The summed E-state index contributed by atoms with van der Waals surface area (Å²) in [6.07, 6.45) is 5.81. The van der Waals surface area contributed by atoms with E-state index in [4.69, 9.17) is 243 Å². The van der Waals surface area contributed by atoms with Crippen LogP contribution in [-0.4, -0.2) is 173 Å². The number of rotatable bonds is 23. The van der Waals surface area contributed by atoms with Crippen LogP contribution in [0.1, 0.15) is 47.1 Å². The van der Waals surface area contributed by atoms with Gasteiger partial charge in [0.25, 0.3) is 6.47 Å². The number of benzene rings is 4. The topological polar surface area (TPSA) is 396 Å². The maximum atomic E-state index is 11.0. The molecule has 51 heteroatoms. The SMILES string of the molecule is C=CC=O.Cl.Cl.ClCCC(Cl)Cl.ClP(Cl)(Cl)(Cl)Cl.N#Cc1nc2ccc(O)cc2s1.N#Cc1nc2ccc(OCCC(Cl)Cl)cc2s1.N[C@H](CS)C(=O)O.O=C(O)[C@H]1CSC(c2nc3ccc(OC/C=C/Cl)cc3s2)=N1.O=C(O)[C@H]1CSC(c2nc3ccc(OCCC(Cl)Cl)cc3s2)=N1.O=CO[O-].OC(Cl)CCCl.[H-].[K+].[K+].